The molecule has 1 heterocycles. The second-order valence-corrected chi connectivity index (χ2v) is 6.61. The van der Waals surface area contributed by atoms with Gasteiger partial charge in [-0.3, -0.25) is 0 Å². The van der Waals surface area contributed by atoms with E-state index in [1.165, 1.54) is 0 Å². The van der Waals surface area contributed by atoms with Crippen molar-refractivity contribution in [2.24, 2.45) is 0 Å². The lowest BCUT2D eigenvalue weighted by molar-refractivity contribution is 0.195. The molecule has 2 rings (SSSR count). The fourth-order valence-corrected chi connectivity index (χ4v) is 3.03. The molecule has 0 radical (unpaired) electrons. The number of hydrogen-bond acceptors (Lipinski definition) is 3. The van der Waals surface area contributed by atoms with Gasteiger partial charge in [-0.2, -0.15) is 0 Å². The first-order valence-corrected chi connectivity index (χ1v) is 7.74. The Balaban J connectivity index is 2.15. The highest BCUT2D eigenvalue weighted by Gasteiger charge is 2.31. The molecule has 1 saturated heterocycles. The maximum atomic E-state index is 9.82. The average Bonchev–Trinajstić information content (AvgIpc) is 2.57. The Morgan fingerprint density at radius 1 is 1.42 bits per heavy atom. The zero-order valence-electron chi connectivity index (χ0n) is 11.1. The smallest absolute Gasteiger partial charge is 0.0662 e. The number of likely N-dealkylation sites (tertiary alicyclic amines) is 1. The zero-order chi connectivity index (χ0) is 13.9. The van der Waals surface area contributed by atoms with Crippen molar-refractivity contribution in [2.75, 3.05) is 32.1 Å². The molecule has 5 heteroatoms. The average molecular weight is 348 g/mol. The highest BCUT2D eigenvalue weighted by Crippen LogP contribution is 2.30. The molecule has 0 bridgehead atoms. The topological polar surface area (TPSA) is 35.5 Å². The molecule has 0 spiro atoms. The molecule has 2 N–H and O–H groups in total. The van der Waals surface area contributed by atoms with Crippen LogP contribution in [-0.2, 0) is 0 Å². The van der Waals surface area contributed by atoms with Crippen LogP contribution in [0.4, 0.5) is 5.69 Å². The molecule has 19 heavy (non-hydrogen) atoms. The monoisotopic (exact) mass is 346 g/mol. The molecule has 1 fully saturated rings. The lowest BCUT2D eigenvalue weighted by atomic mass is 9.91. The van der Waals surface area contributed by atoms with Gasteiger partial charge >= 0.3 is 0 Å². The van der Waals surface area contributed by atoms with Crippen molar-refractivity contribution in [2.45, 2.75) is 24.8 Å². The molecule has 1 atom stereocenters. The third-order valence-electron chi connectivity index (χ3n) is 3.80. The van der Waals surface area contributed by atoms with Crippen LogP contribution in [0.3, 0.4) is 0 Å². The van der Waals surface area contributed by atoms with Crippen LogP contribution in [-0.4, -0.2) is 42.3 Å². The standard InChI is InChI=1S/C14H20BrClN2O/c1-18-7-2-5-14(10-19,6-8-18)17-11-3-4-13(16)12(15)9-11/h3-4,9,17,19H,2,5-8,10H2,1H3. The van der Waals surface area contributed by atoms with Crippen LogP contribution < -0.4 is 5.32 Å². The number of aliphatic hydroxyl groups excluding tert-OH is 1. The normalized spacial score (nSPS) is 25.1. The van der Waals surface area contributed by atoms with Crippen LogP contribution in [0, 0.1) is 0 Å². The lowest BCUT2D eigenvalue weighted by Gasteiger charge is -2.33. The molecular weight excluding hydrogens is 328 g/mol. The van der Waals surface area contributed by atoms with Crippen molar-refractivity contribution in [3.8, 4) is 0 Å². The quantitative estimate of drug-likeness (QED) is 0.880. The van der Waals surface area contributed by atoms with Gasteiger partial charge in [0, 0.05) is 16.7 Å². The Kier molecular flexibility index (Phi) is 5.12. The van der Waals surface area contributed by atoms with Gasteiger partial charge in [0.05, 0.1) is 17.2 Å². The van der Waals surface area contributed by atoms with E-state index in [4.69, 9.17) is 11.6 Å². The van der Waals surface area contributed by atoms with E-state index in [0.717, 1.165) is 42.5 Å². The Morgan fingerprint density at radius 2 is 2.21 bits per heavy atom. The summed E-state index contributed by atoms with van der Waals surface area (Å²) in [4.78, 5) is 2.32. The van der Waals surface area contributed by atoms with E-state index >= 15 is 0 Å². The van der Waals surface area contributed by atoms with Crippen LogP contribution in [0.1, 0.15) is 19.3 Å². The third kappa shape index (κ3) is 3.85. The zero-order valence-corrected chi connectivity index (χ0v) is 13.5. The van der Waals surface area contributed by atoms with Gasteiger partial charge in [0.1, 0.15) is 0 Å². The summed E-state index contributed by atoms with van der Waals surface area (Å²) in [5.41, 5.74) is 0.771. The highest BCUT2D eigenvalue weighted by atomic mass is 79.9. The summed E-state index contributed by atoms with van der Waals surface area (Å²) < 4.78 is 0.873. The van der Waals surface area contributed by atoms with Crippen molar-refractivity contribution in [1.82, 2.24) is 4.90 Å². The maximum Gasteiger partial charge on any atom is 0.0662 e. The number of anilines is 1. The molecule has 0 aromatic heterocycles. The van der Waals surface area contributed by atoms with Gasteiger partial charge in [-0.05, 0) is 67.0 Å². The van der Waals surface area contributed by atoms with Gasteiger partial charge in [0.15, 0.2) is 0 Å². The summed E-state index contributed by atoms with van der Waals surface area (Å²) >= 11 is 9.44. The first kappa shape index (κ1) is 15.1. The van der Waals surface area contributed by atoms with E-state index in [9.17, 15) is 5.11 Å². The Bertz CT molecular complexity index is 443. The largest absolute Gasteiger partial charge is 0.394 e. The van der Waals surface area contributed by atoms with Gasteiger partial charge < -0.3 is 15.3 Å². The van der Waals surface area contributed by atoms with E-state index in [1.807, 2.05) is 18.2 Å². The van der Waals surface area contributed by atoms with Crippen molar-refractivity contribution in [3.63, 3.8) is 0 Å². The molecule has 106 valence electrons. The van der Waals surface area contributed by atoms with Crippen LogP contribution in [0.15, 0.2) is 22.7 Å². The van der Waals surface area contributed by atoms with Crippen molar-refractivity contribution in [1.29, 1.82) is 0 Å². The van der Waals surface area contributed by atoms with Gasteiger partial charge in [0.25, 0.3) is 0 Å². The Morgan fingerprint density at radius 3 is 2.89 bits per heavy atom. The summed E-state index contributed by atoms with van der Waals surface area (Å²) in [6, 6.07) is 5.79. The van der Waals surface area contributed by atoms with E-state index in [0.29, 0.717) is 5.02 Å². The minimum Gasteiger partial charge on any atom is -0.394 e. The third-order valence-corrected chi connectivity index (χ3v) is 5.01. The van der Waals surface area contributed by atoms with Crippen molar-refractivity contribution >= 4 is 33.2 Å². The van der Waals surface area contributed by atoms with Crippen LogP contribution >= 0.6 is 27.5 Å². The minimum atomic E-state index is -0.224. The molecule has 0 saturated carbocycles. The van der Waals surface area contributed by atoms with Crippen LogP contribution in [0.2, 0.25) is 5.02 Å². The SMILES string of the molecule is CN1CCCC(CO)(Nc2ccc(Cl)c(Br)c2)CC1. The van der Waals surface area contributed by atoms with E-state index < -0.39 is 0 Å². The number of benzene rings is 1. The van der Waals surface area contributed by atoms with E-state index in [1.54, 1.807) is 0 Å². The molecule has 1 unspecified atom stereocenters. The Labute approximate surface area is 128 Å². The van der Waals surface area contributed by atoms with Gasteiger partial charge in [-0.25, -0.2) is 0 Å². The first-order chi connectivity index (χ1) is 9.04. The first-order valence-electron chi connectivity index (χ1n) is 6.57. The summed E-state index contributed by atoms with van der Waals surface area (Å²) in [5, 5.41) is 14.0. The molecule has 1 aliphatic heterocycles. The second kappa shape index (κ2) is 6.44. The second-order valence-electron chi connectivity index (χ2n) is 5.35. The fraction of sp³-hybridized carbons (Fsp3) is 0.571. The molecule has 0 amide bonds. The Hall–Kier alpha value is -0.290. The number of halogens is 2. The number of nitrogens with one attached hydrogen (secondary N) is 1. The molecule has 1 aliphatic rings. The molecule has 0 aliphatic carbocycles. The van der Waals surface area contributed by atoms with Crippen LogP contribution in [0.5, 0.6) is 0 Å². The summed E-state index contributed by atoms with van der Waals surface area (Å²) in [5.74, 6) is 0. The maximum absolute atomic E-state index is 9.82. The summed E-state index contributed by atoms with van der Waals surface area (Å²) in [6.07, 6.45) is 3.02. The van der Waals surface area contributed by atoms with E-state index in [-0.39, 0.29) is 12.1 Å². The molecule has 1 aromatic carbocycles. The number of aliphatic hydroxyl groups is 1. The number of nitrogens with zero attached hydrogens (tertiary/aromatic N) is 1. The number of rotatable bonds is 3. The lowest BCUT2D eigenvalue weighted by Crippen LogP contribution is -2.42. The van der Waals surface area contributed by atoms with E-state index in [2.05, 4.69) is 33.2 Å². The van der Waals surface area contributed by atoms with Crippen molar-refractivity contribution < 1.29 is 5.11 Å². The summed E-state index contributed by atoms with van der Waals surface area (Å²) in [6.45, 7) is 2.25. The molecular formula is C14H20BrClN2O. The van der Waals surface area contributed by atoms with Gasteiger partial charge in [0.2, 0.25) is 0 Å². The molecule has 1 aromatic rings. The minimum absolute atomic E-state index is 0.154. The van der Waals surface area contributed by atoms with Crippen LogP contribution in [0.25, 0.3) is 0 Å². The predicted molar refractivity (Wildman–Crippen MR) is 83.9 cm³/mol. The fourth-order valence-electron chi connectivity index (χ4n) is 2.53. The highest BCUT2D eigenvalue weighted by molar-refractivity contribution is 9.10. The predicted octanol–water partition coefficient (Wildman–Crippen LogP) is 3.36. The van der Waals surface area contributed by atoms with Crippen molar-refractivity contribution in [3.05, 3.63) is 27.7 Å². The van der Waals surface area contributed by atoms with Gasteiger partial charge in [-0.1, -0.05) is 11.6 Å². The number of hydrogen-bond donors (Lipinski definition) is 2. The van der Waals surface area contributed by atoms with Gasteiger partial charge in [-0.15, -0.1) is 0 Å². The molecule has 3 nitrogen and oxygen atoms in total. The summed E-state index contributed by atoms with van der Waals surface area (Å²) in [7, 11) is 2.13.